The largest absolute Gasteiger partial charge is 0.368 e. The predicted molar refractivity (Wildman–Crippen MR) is 154 cm³/mol. The van der Waals surface area contributed by atoms with Crippen LogP contribution in [0.3, 0.4) is 0 Å². The molecule has 0 aromatic carbocycles. The zero-order chi connectivity index (χ0) is 25.0. The van der Waals surface area contributed by atoms with Gasteiger partial charge < -0.3 is 5.73 Å². The van der Waals surface area contributed by atoms with Gasteiger partial charge in [0, 0.05) is 0 Å². The summed E-state index contributed by atoms with van der Waals surface area (Å²) in [4.78, 5) is 10.9. The van der Waals surface area contributed by atoms with E-state index in [1.54, 1.807) is 0 Å². The lowest BCUT2D eigenvalue weighted by Gasteiger charge is -2.05. The molecule has 0 aromatic rings. The number of carbonyl (C=O) groups excluding carboxylic acids is 1. The molecule has 3 heteroatoms. The summed E-state index contributed by atoms with van der Waals surface area (Å²) in [5, 5.41) is -0.473. The lowest BCUT2D eigenvalue weighted by molar-refractivity contribution is -0.117. The Morgan fingerprint density at radius 3 is 0.882 bits per heavy atom. The van der Waals surface area contributed by atoms with Gasteiger partial charge in [-0.3, -0.25) is 4.79 Å². The quantitative estimate of drug-likeness (QED) is 0.0806. The van der Waals surface area contributed by atoms with E-state index in [1.165, 1.54) is 167 Å². The first-order valence-corrected chi connectivity index (χ1v) is 16.1. The number of alkyl halides is 1. The molecule has 2 N–H and O–H groups in total. The first-order valence-electron chi connectivity index (χ1n) is 15.6. The van der Waals surface area contributed by atoms with Gasteiger partial charge in [-0.2, -0.15) is 0 Å². The highest BCUT2D eigenvalue weighted by molar-refractivity contribution is 6.30. The van der Waals surface area contributed by atoms with Crippen LogP contribution in [0.2, 0.25) is 0 Å². The number of hydrogen-bond acceptors (Lipinski definition) is 1. The van der Waals surface area contributed by atoms with Gasteiger partial charge in [-0.25, -0.2) is 0 Å². The van der Waals surface area contributed by atoms with Crippen molar-refractivity contribution in [2.24, 2.45) is 5.73 Å². The van der Waals surface area contributed by atoms with E-state index in [2.05, 4.69) is 6.92 Å². The highest BCUT2D eigenvalue weighted by Crippen LogP contribution is 2.16. The van der Waals surface area contributed by atoms with Gasteiger partial charge in [0.1, 0.15) is 5.38 Å². The van der Waals surface area contributed by atoms with E-state index < -0.39 is 5.38 Å². The third-order valence-electron chi connectivity index (χ3n) is 7.37. The van der Waals surface area contributed by atoms with Crippen LogP contribution in [0.5, 0.6) is 0 Å². The van der Waals surface area contributed by atoms with E-state index >= 15 is 0 Å². The van der Waals surface area contributed by atoms with Crippen molar-refractivity contribution in [1.82, 2.24) is 0 Å². The Bertz CT molecular complexity index is 401. The Morgan fingerprint density at radius 2 is 0.676 bits per heavy atom. The minimum Gasteiger partial charge on any atom is -0.368 e. The van der Waals surface area contributed by atoms with Crippen LogP contribution in [0.15, 0.2) is 0 Å². The Kier molecular flexibility index (Phi) is 28.8. The molecule has 0 rings (SSSR count). The van der Waals surface area contributed by atoms with E-state index in [0.717, 1.165) is 12.8 Å². The summed E-state index contributed by atoms with van der Waals surface area (Å²) in [6.45, 7) is 2.30. The lowest BCUT2D eigenvalue weighted by Crippen LogP contribution is -2.23. The molecule has 0 spiro atoms. The van der Waals surface area contributed by atoms with Crippen LogP contribution in [0, 0.1) is 0 Å². The monoisotopic (exact) mass is 499 g/mol. The number of nitrogens with two attached hydrogens (primary N) is 1. The van der Waals surface area contributed by atoms with Crippen LogP contribution >= 0.6 is 11.6 Å². The maximum atomic E-state index is 10.9. The molecule has 1 amide bonds. The fourth-order valence-corrected chi connectivity index (χ4v) is 5.11. The maximum absolute atomic E-state index is 10.9. The average molecular weight is 500 g/mol. The Balaban J connectivity index is 3.05. The molecule has 204 valence electrons. The molecule has 0 saturated carbocycles. The topological polar surface area (TPSA) is 43.1 Å². The second-order valence-corrected chi connectivity index (χ2v) is 11.4. The summed E-state index contributed by atoms with van der Waals surface area (Å²) in [5.41, 5.74) is 5.17. The van der Waals surface area contributed by atoms with Crippen molar-refractivity contribution in [2.75, 3.05) is 0 Å². The van der Waals surface area contributed by atoms with Gasteiger partial charge in [-0.15, -0.1) is 11.6 Å². The molecule has 0 aliphatic heterocycles. The van der Waals surface area contributed by atoms with Gasteiger partial charge in [-0.1, -0.05) is 180 Å². The number of halogens is 1. The zero-order valence-electron chi connectivity index (χ0n) is 23.2. The SMILES string of the molecule is CCCCCCCCCCCCCCCCCCCCCCCCCCCCCC(Cl)C(N)=O. The van der Waals surface area contributed by atoms with E-state index in [4.69, 9.17) is 17.3 Å². The minimum absolute atomic E-state index is 0.378. The fourth-order valence-electron chi connectivity index (χ4n) is 4.96. The third-order valence-corrected chi connectivity index (χ3v) is 7.80. The summed E-state index contributed by atoms with van der Waals surface area (Å²) in [6.07, 6.45) is 38.8. The van der Waals surface area contributed by atoms with Crippen LogP contribution in [-0.4, -0.2) is 11.3 Å². The smallest absolute Gasteiger partial charge is 0.235 e. The van der Waals surface area contributed by atoms with Gasteiger partial charge in [0.05, 0.1) is 0 Å². The van der Waals surface area contributed by atoms with Crippen molar-refractivity contribution >= 4 is 17.5 Å². The van der Waals surface area contributed by atoms with Crippen LogP contribution in [0.25, 0.3) is 0 Å². The number of unbranched alkanes of at least 4 members (excludes halogenated alkanes) is 26. The van der Waals surface area contributed by atoms with Crippen LogP contribution in [0.4, 0.5) is 0 Å². The molecule has 0 heterocycles. The van der Waals surface area contributed by atoms with E-state index in [0.29, 0.717) is 0 Å². The normalized spacial score (nSPS) is 12.3. The number of rotatable bonds is 29. The predicted octanol–water partition coefficient (Wildman–Crippen LogP) is 11.0. The van der Waals surface area contributed by atoms with Gasteiger partial charge in [-0.05, 0) is 6.42 Å². The van der Waals surface area contributed by atoms with Gasteiger partial charge in [0.25, 0.3) is 0 Å². The molecule has 34 heavy (non-hydrogen) atoms. The van der Waals surface area contributed by atoms with E-state index in [-0.39, 0.29) is 5.91 Å². The maximum Gasteiger partial charge on any atom is 0.235 e. The number of amides is 1. The van der Waals surface area contributed by atoms with Crippen molar-refractivity contribution in [3.8, 4) is 0 Å². The molecular weight excluding hydrogens is 438 g/mol. The molecular formula is C31H62ClNO. The van der Waals surface area contributed by atoms with Crippen LogP contribution < -0.4 is 5.73 Å². The summed E-state index contributed by atoms with van der Waals surface area (Å²) in [6, 6.07) is 0. The summed E-state index contributed by atoms with van der Waals surface area (Å²) in [7, 11) is 0. The van der Waals surface area contributed by atoms with E-state index in [1.807, 2.05) is 0 Å². The molecule has 2 nitrogen and oxygen atoms in total. The number of primary amides is 1. The third kappa shape index (κ3) is 28.0. The van der Waals surface area contributed by atoms with Crippen molar-refractivity contribution in [2.45, 2.75) is 192 Å². The molecule has 0 saturated heterocycles. The molecule has 0 fully saturated rings. The first-order chi connectivity index (χ1) is 16.7. The lowest BCUT2D eigenvalue weighted by atomic mass is 10.0. The van der Waals surface area contributed by atoms with Crippen LogP contribution in [0.1, 0.15) is 187 Å². The molecule has 1 unspecified atom stereocenters. The second-order valence-electron chi connectivity index (χ2n) is 10.9. The summed E-state index contributed by atoms with van der Waals surface area (Å²) < 4.78 is 0. The fraction of sp³-hybridized carbons (Fsp3) is 0.968. The second kappa shape index (κ2) is 29.0. The number of carbonyl (C=O) groups is 1. The zero-order valence-corrected chi connectivity index (χ0v) is 24.0. The van der Waals surface area contributed by atoms with Gasteiger partial charge in [0.15, 0.2) is 0 Å². The Morgan fingerprint density at radius 1 is 0.471 bits per heavy atom. The van der Waals surface area contributed by atoms with Crippen molar-refractivity contribution in [1.29, 1.82) is 0 Å². The Hall–Kier alpha value is -0.240. The average Bonchev–Trinajstić information content (AvgIpc) is 2.83. The van der Waals surface area contributed by atoms with Gasteiger partial charge in [0.2, 0.25) is 5.91 Å². The molecule has 0 aromatic heterocycles. The minimum atomic E-state index is -0.473. The van der Waals surface area contributed by atoms with E-state index in [9.17, 15) is 4.79 Å². The first kappa shape index (κ1) is 33.8. The highest BCUT2D eigenvalue weighted by Gasteiger charge is 2.09. The van der Waals surface area contributed by atoms with Crippen molar-refractivity contribution in [3.63, 3.8) is 0 Å². The molecule has 0 bridgehead atoms. The standard InChI is InChI=1S/C31H62ClNO/c1-2-3-4-5-6-7-8-9-10-11-12-13-14-15-16-17-18-19-20-21-22-23-24-25-26-27-28-29-30(32)31(33)34/h30H,2-29H2,1H3,(H2,33,34). The van der Waals surface area contributed by atoms with Crippen LogP contribution in [-0.2, 0) is 4.79 Å². The highest BCUT2D eigenvalue weighted by atomic mass is 35.5. The molecule has 0 aliphatic rings. The number of hydrogen-bond donors (Lipinski definition) is 1. The molecule has 0 aliphatic carbocycles. The molecule has 1 atom stereocenters. The van der Waals surface area contributed by atoms with Crippen molar-refractivity contribution in [3.05, 3.63) is 0 Å². The van der Waals surface area contributed by atoms with Gasteiger partial charge >= 0.3 is 0 Å². The van der Waals surface area contributed by atoms with Crippen molar-refractivity contribution < 1.29 is 4.79 Å². The summed E-state index contributed by atoms with van der Waals surface area (Å²) in [5.74, 6) is -0.378. The summed E-state index contributed by atoms with van der Waals surface area (Å²) >= 11 is 5.85. The Labute approximate surface area is 219 Å². The molecule has 0 radical (unpaired) electrons.